The third-order valence-corrected chi connectivity index (χ3v) is 5.03. The minimum atomic E-state index is -0.136. The Hall–Kier alpha value is -3.28. The molecule has 1 N–H and O–H groups in total. The summed E-state index contributed by atoms with van der Waals surface area (Å²) in [7, 11) is 1.82. The van der Waals surface area contributed by atoms with Gasteiger partial charge in [-0.1, -0.05) is 37.3 Å². The predicted octanol–water partition coefficient (Wildman–Crippen LogP) is 3.78. The first-order valence-electron chi connectivity index (χ1n) is 9.88. The summed E-state index contributed by atoms with van der Waals surface area (Å²) in [5, 5.41) is 7.56. The van der Waals surface area contributed by atoms with Crippen molar-refractivity contribution in [3.63, 3.8) is 0 Å². The molecule has 29 heavy (non-hydrogen) atoms. The van der Waals surface area contributed by atoms with Crippen LogP contribution in [0.25, 0.3) is 11.3 Å². The van der Waals surface area contributed by atoms with Crippen LogP contribution in [0.1, 0.15) is 35.2 Å². The average molecular weight is 391 g/mol. The molecule has 0 fully saturated rings. The van der Waals surface area contributed by atoms with Crippen molar-refractivity contribution in [2.45, 2.75) is 19.3 Å². The Kier molecular flexibility index (Phi) is 5.51. The Morgan fingerprint density at radius 2 is 1.90 bits per heavy atom. The highest BCUT2D eigenvalue weighted by Gasteiger charge is 2.20. The van der Waals surface area contributed by atoms with E-state index in [0.29, 0.717) is 36.8 Å². The van der Waals surface area contributed by atoms with Crippen LogP contribution in [-0.2, 0) is 7.05 Å². The predicted molar refractivity (Wildman–Crippen MR) is 111 cm³/mol. The topological polar surface area (TPSA) is 65.4 Å². The van der Waals surface area contributed by atoms with Crippen molar-refractivity contribution in [3.05, 3.63) is 65.9 Å². The first-order valence-corrected chi connectivity index (χ1v) is 9.88. The molecule has 2 heterocycles. The van der Waals surface area contributed by atoms with Gasteiger partial charge in [0, 0.05) is 31.8 Å². The molecule has 1 aromatic heterocycles. The van der Waals surface area contributed by atoms with Crippen LogP contribution in [-0.4, -0.2) is 35.4 Å². The Bertz CT molecular complexity index is 998. The number of aryl methyl sites for hydroxylation is 1. The van der Waals surface area contributed by atoms with Gasteiger partial charge in [-0.25, -0.2) is 0 Å². The first kappa shape index (κ1) is 19.1. The van der Waals surface area contributed by atoms with E-state index in [2.05, 4.69) is 29.5 Å². The van der Waals surface area contributed by atoms with E-state index in [-0.39, 0.29) is 11.8 Å². The van der Waals surface area contributed by atoms with Crippen molar-refractivity contribution in [2.24, 2.45) is 7.05 Å². The van der Waals surface area contributed by atoms with Crippen molar-refractivity contribution in [3.8, 4) is 22.8 Å². The van der Waals surface area contributed by atoms with Gasteiger partial charge in [0.2, 0.25) is 0 Å². The number of fused-ring (bicyclic) bond motifs is 1. The van der Waals surface area contributed by atoms with Crippen molar-refractivity contribution in [1.29, 1.82) is 0 Å². The molecule has 1 unspecified atom stereocenters. The molecule has 0 spiro atoms. The summed E-state index contributed by atoms with van der Waals surface area (Å²) in [5.41, 5.74) is 3.20. The van der Waals surface area contributed by atoms with Crippen LogP contribution >= 0.6 is 0 Å². The molecule has 0 radical (unpaired) electrons. The highest BCUT2D eigenvalue weighted by molar-refractivity contribution is 6.00. The van der Waals surface area contributed by atoms with Crippen molar-refractivity contribution in [2.75, 3.05) is 19.8 Å². The fraction of sp³-hybridized carbons (Fsp3) is 0.304. The Labute approximate surface area is 170 Å². The Morgan fingerprint density at radius 1 is 1.14 bits per heavy atom. The number of amides is 1. The second-order valence-corrected chi connectivity index (χ2v) is 7.30. The van der Waals surface area contributed by atoms with E-state index in [4.69, 9.17) is 9.47 Å². The number of nitrogens with zero attached hydrogens (tertiary/aromatic N) is 2. The fourth-order valence-electron chi connectivity index (χ4n) is 3.42. The van der Waals surface area contributed by atoms with E-state index < -0.39 is 0 Å². The SMILES string of the molecule is CC(CNC(=O)c1cn(C)nc1-c1ccc2c(c1)OCCCO2)c1ccccc1. The van der Waals surface area contributed by atoms with E-state index in [1.165, 1.54) is 5.56 Å². The number of rotatable bonds is 5. The number of ether oxygens (including phenoxy) is 2. The van der Waals surface area contributed by atoms with Gasteiger partial charge in [0.25, 0.3) is 5.91 Å². The van der Waals surface area contributed by atoms with Crippen LogP contribution in [0.4, 0.5) is 0 Å². The standard InChI is InChI=1S/C23H25N3O3/c1-16(17-7-4-3-5-8-17)14-24-23(27)19-15-26(2)25-22(19)18-9-10-20-21(13-18)29-12-6-11-28-20/h3-5,7-10,13,15-16H,6,11-12,14H2,1-2H3,(H,24,27). The highest BCUT2D eigenvalue weighted by Crippen LogP contribution is 2.34. The molecular weight excluding hydrogens is 366 g/mol. The van der Waals surface area contributed by atoms with Crippen LogP contribution in [0.2, 0.25) is 0 Å². The van der Waals surface area contributed by atoms with Crippen molar-refractivity contribution in [1.82, 2.24) is 15.1 Å². The monoisotopic (exact) mass is 391 g/mol. The van der Waals surface area contributed by atoms with Crippen LogP contribution in [0, 0.1) is 0 Å². The maximum absolute atomic E-state index is 12.9. The molecule has 3 aromatic rings. The van der Waals surface area contributed by atoms with Gasteiger partial charge in [-0.2, -0.15) is 5.10 Å². The van der Waals surface area contributed by atoms with Gasteiger partial charge in [-0.3, -0.25) is 9.48 Å². The number of aromatic nitrogens is 2. The lowest BCUT2D eigenvalue weighted by atomic mass is 10.0. The smallest absolute Gasteiger partial charge is 0.255 e. The molecule has 1 amide bonds. The average Bonchev–Trinajstić information content (AvgIpc) is 2.99. The zero-order valence-electron chi connectivity index (χ0n) is 16.7. The van der Waals surface area contributed by atoms with E-state index >= 15 is 0 Å². The summed E-state index contributed by atoms with van der Waals surface area (Å²) in [6.45, 7) is 3.91. The lowest BCUT2D eigenvalue weighted by Crippen LogP contribution is -2.27. The summed E-state index contributed by atoms with van der Waals surface area (Å²) in [6, 6.07) is 15.9. The summed E-state index contributed by atoms with van der Waals surface area (Å²) >= 11 is 0. The molecule has 2 aromatic carbocycles. The zero-order chi connectivity index (χ0) is 20.2. The summed E-state index contributed by atoms with van der Waals surface area (Å²) in [5.74, 6) is 1.50. The highest BCUT2D eigenvalue weighted by atomic mass is 16.5. The molecule has 0 saturated heterocycles. The third kappa shape index (κ3) is 4.26. The molecule has 0 bridgehead atoms. The lowest BCUT2D eigenvalue weighted by Gasteiger charge is -2.13. The molecule has 1 atom stereocenters. The van der Waals surface area contributed by atoms with Crippen molar-refractivity contribution >= 4 is 5.91 Å². The molecule has 150 valence electrons. The number of nitrogens with one attached hydrogen (secondary N) is 1. The number of carbonyl (C=O) groups excluding carboxylic acids is 1. The Balaban J connectivity index is 1.54. The number of hydrogen-bond donors (Lipinski definition) is 1. The quantitative estimate of drug-likeness (QED) is 0.719. The van der Waals surface area contributed by atoms with Gasteiger partial charge < -0.3 is 14.8 Å². The van der Waals surface area contributed by atoms with E-state index in [1.54, 1.807) is 10.9 Å². The first-order chi connectivity index (χ1) is 14.1. The fourth-order valence-corrected chi connectivity index (χ4v) is 3.42. The molecule has 6 heteroatoms. The summed E-state index contributed by atoms with van der Waals surface area (Å²) < 4.78 is 13.1. The minimum absolute atomic E-state index is 0.136. The largest absolute Gasteiger partial charge is 0.490 e. The number of hydrogen-bond acceptors (Lipinski definition) is 4. The zero-order valence-corrected chi connectivity index (χ0v) is 16.7. The number of carbonyl (C=O) groups is 1. The maximum atomic E-state index is 12.9. The Morgan fingerprint density at radius 3 is 2.69 bits per heavy atom. The van der Waals surface area contributed by atoms with Gasteiger partial charge in [-0.15, -0.1) is 0 Å². The van der Waals surface area contributed by atoms with Crippen LogP contribution in [0.3, 0.4) is 0 Å². The third-order valence-electron chi connectivity index (χ3n) is 5.03. The van der Waals surface area contributed by atoms with Crippen LogP contribution in [0.5, 0.6) is 11.5 Å². The maximum Gasteiger partial charge on any atom is 0.255 e. The van der Waals surface area contributed by atoms with Gasteiger partial charge in [0.05, 0.1) is 18.8 Å². The van der Waals surface area contributed by atoms with Gasteiger partial charge >= 0.3 is 0 Å². The summed E-state index contributed by atoms with van der Waals surface area (Å²) in [4.78, 5) is 12.9. The van der Waals surface area contributed by atoms with Gasteiger partial charge in [0.1, 0.15) is 5.69 Å². The van der Waals surface area contributed by atoms with Gasteiger partial charge in [0.15, 0.2) is 11.5 Å². The molecule has 0 aliphatic carbocycles. The second-order valence-electron chi connectivity index (χ2n) is 7.30. The lowest BCUT2D eigenvalue weighted by molar-refractivity contribution is 0.0952. The molecule has 0 saturated carbocycles. The van der Waals surface area contributed by atoms with E-state index in [0.717, 1.165) is 17.7 Å². The van der Waals surface area contributed by atoms with Gasteiger partial charge in [-0.05, 0) is 29.7 Å². The van der Waals surface area contributed by atoms with Crippen LogP contribution < -0.4 is 14.8 Å². The molecular formula is C23H25N3O3. The normalized spacial score (nSPS) is 14.1. The molecule has 1 aliphatic heterocycles. The van der Waals surface area contributed by atoms with E-state index in [1.807, 2.05) is 43.4 Å². The number of benzene rings is 2. The van der Waals surface area contributed by atoms with Crippen LogP contribution in [0.15, 0.2) is 54.7 Å². The van der Waals surface area contributed by atoms with E-state index in [9.17, 15) is 4.79 Å². The van der Waals surface area contributed by atoms with Crippen molar-refractivity contribution < 1.29 is 14.3 Å². The molecule has 6 nitrogen and oxygen atoms in total. The summed E-state index contributed by atoms with van der Waals surface area (Å²) in [6.07, 6.45) is 2.60. The molecule has 4 rings (SSSR count). The minimum Gasteiger partial charge on any atom is -0.490 e. The second kappa shape index (κ2) is 8.39. The molecule has 1 aliphatic rings.